The molecule has 1 N–H and O–H groups in total. The predicted molar refractivity (Wildman–Crippen MR) is 108 cm³/mol. The SMILES string of the molecule is O=C(Nc1ccccc1C(F)(F)F)N(Cc1ccccc1)Cc1ccc(C(F)(F)F)cc1. The molecule has 0 aliphatic heterocycles. The molecule has 3 rings (SSSR count). The number of anilines is 1. The van der Waals surface area contributed by atoms with Gasteiger partial charge in [0.25, 0.3) is 0 Å². The van der Waals surface area contributed by atoms with Crippen LogP contribution in [0.15, 0.2) is 78.9 Å². The van der Waals surface area contributed by atoms with E-state index in [9.17, 15) is 31.1 Å². The summed E-state index contributed by atoms with van der Waals surface area (Å²) in [7, 11) is 0. The Morgan fingerprint density at radius 3 is 1.78 bits per heavy atom. The van der Waals surface area contributed by atoms with Crippen LogP contribution in [0.4, 0.5) is 36.8 Å². The van der Waals surface area contributed by atoms with E-state index in [1.165, 1.54) is 29.2 Å². The van der Waals surface area contributed by atoms with Crippen LogP contribution in [0.3, 0.4) is 0 Å². The quantitative estimate of drug-likeness (QED) is 0.417. The van der Waals surface area contributed by atoms with Crippen LogP contribution in [0.2, 0.25) is 0 Å². The number of amides is 2. The number of hydrogen-bond acceptors (Lipinski definition) is 1. The second-order valence-electron chi connectivity index (χ2n) is 7.01. The molecule has 0 heterocycles. The summed E-state index contributed by atoms with van der Waals surface area (Å²) in [5, 5.41) is 2.28. The van der Waals surface area contributed by atoms with E-state index in [1.54, 1.807) is 30.3 Å². The monoisotopic (exact) mass is 452 g/mol. The van der Waals surface area contributed by atoms with Gasteiger partial charge in [0.05, 0.1) is 16.8 Å². The lowest BCUT2D eigenvalue weighted by molar-refractivity contribution is -0.138. The Labute approximate surface area is 180 Å². The van der Waals surface area contributed by atoms with Crippen molar-refractivity contribution in [3.63, 3.8) is 0 Å². The zero-order valence-corrected chi connectivity index (χ0v) is 16.5. The lowest BCUT2D eigenvalue weighted by atomic mass is 10.1. The van der Waals surface area contributed by atoms with Gasteiger partial charge in [-0.2, -0.15) is 26.3 Å². The van der Waals surface area contributed by atoms with Gasteiger partial charge in [-0.3, -0.25) is 0 Å². The molecule has 2 amide bonds. The smallest absolute Gasteiger partial charge is 0.316 e. The van der Waals surface area contributed by atoms with Gasteiger partial charge in [-0.15, -0.1) is 0 Å². The molecule has 32 heavy (non-hydrogen) atoms. The maximum Gasteiger partial charge on any atom is 0.418 e. The number of nitrogens with zero attached hydrogens (tertiary/aromatic N) is 1. The topological polar surface area (TPSA) is 32.3 Å². The Morgan fingerprint density at radius 2 is 1.22 bits per heavy atom. The maximum atomic E-state index is 13.3. The van der Waals surface area contributed by atoms with E-state index in [1.807, 2.05) is 0 Å². The van der Waals surface area contributed by atoms with E-state index in [4.69, 9.17) is 0 Å². The van der Waals surface area contributed by atoms with Crippen molar-refractivity contribution in [1.29, 1.82) is 0 Å². The molecule has 0 unspecified atom stereocenters. The highest BCUT2D eigenvalue weighted by Gasteiger charge is 2.34. The summed E-state index contributed by atoms with van der Waals surface area (Å²) in [5.74, 6) is 0. The van der Waals surface area contributed by atoms with Crippen LogP contribution >= 0.6 is 0 Å². The van der Waals surface area contributed by atoms with Gasteiger partial charge in [0.15, 0.2) is 0 Å². The molecule has 9 heteroatoms. The number of hydrogen-bond donors (Lipinski definition) is 1. The van der Waals surface area contributed by atoms with E-state index < -0.39 is 35.2 Å². The van der Waals surface area contributed by atoms with Crippen LogP contribution in [-0.2, 0) is 25.4 Å². The minimum atomic E-state index is -4.67. The van der Waals surface area contributed by atoms with E-state index >= 15 is 0 Å². The molecule has 0 saturated carbocycles. The molecule has 0 aliphatic carbocycles. The predicted octanol–water partition coefficient (Wildman–Crippen LogP) is 6.96. The number of carbonyl (C=O) groups is 1. The Kier molecular flexibility index (Phi) is 6.76. The fourth-order valence-corrected chi connectivity index (χ4v) is 3.06. The van der Waals surface area contributed by atoms with Gasteiger partial charge in [0.2, 0.25) is 0 Å². The largest absolute Gasteiger partial charge is 0.418 e. The minimum Gasteiger partial charge on any atom is -0.316 e. The number of urea groups is 1. The van der Waals surface area contributed by atoms with Crippen LogP contribution in [0.25, 0.3) is 0 Å². The highest BCUT2D eigenvalue weighted by molar-refractivity contribution is 5.90. The van der Waals surface area contributed by atoms with Crippen molar-refractivity contribution in [2.24, 2.45) is 0 Å². The summed E-state index contributed by atoms with van der Waals surface area (Å²) in [6, 6.07) is 16.7. The van der Waals surface area contributed by atoms with Crippen molar-refractivity contribution in [1.82, 2.24) is 4.90 Å². The van der Waals surface area contributed by atoms with Gasteiger partial charge in [-0.25, -0.2) is 4.79 Å². The van der Waals surface area contributed by atoms with Gasteiger partial charge < -0.3 is 10.2 Å². The third kappa shape index (κ3) is 6.03. The third-order valence-electron chi connectivity index (χ3n) is 4.63. The number of carbonyl (C=O) groups excluding carboxylic acids is 1. The second-order valence-corrected chi connectivity index (χ2v) is 7.01. The first-order chi connectivity index (χ1) is 15.0. The van der Waals surface area contributed by atoms with Crippen LogP contribution < -0.4 is 5.32 Å². The molecule has 0 bridgehead atoms. The lowest BCUT2D eigenvalue weighted by Gasteiger charge is -2.24. The molecule has 3 aromatic rings. The maximum absolute atomic E-state index is 13.3. The number of benzene rings is 3. The average Bonchev–Trinajstić information content (AvgIpc) is 2.73. The molecule has 0 aliphatic rings. The Morgan fingerprint density at radius 1 is 0.688 bits per heavy atom. The van der Waals surface area contributed by atoms with Crippen molar-refractivity contribution < 1.29 is 31.1 Å². The van der Waals surface area contributed by atoms with Crippen LogP contribution in [0.5, 0.6) is 0 Å². The highest BCUT2D eigenvalue weighted by Crippen LogP contribution is 2.35. The van der Waals surface area contributed by atoms with Crippen molar-refractivity contribution in [2.45, 2.75) is 25.4 Å². The molecule has 0 fully saturated rings. The minimum absolute atomic E-state index is 0.0435. The number of rotatable bonds is 5. The zero-order valence-electron chi connectivity index (χ0n) is 16.5. The van der Waals surface area contributed by atoms with Crippen LogP contribution in [-0.4, -0.2) is 10.9 Å². The molecule has 0 saturated heterocycles. The van der Waals surface area contributed by atoms with E-state index in [0.29, 0.717) is 11.1 Å². The molecule has 3 aromatic carbocycles. The molecule has 168 valence electrons. The van der Waals surface area contributed by atoms with E-state index in [2.05, 4.69) is 5.32 Å². The molecule has 0 radical (unpaired) electrons. The number of para-hydroxylation sites is 1. The first-order valence-corrected chi connectivity index (χ1v) is 9.46. The Balaban J connectivity index is 1.85. The van der Waals surface area contributed by atoms with Crippen molar-refractivity contribution in [3.8, 4) is 0 Å². The van der Waals surface area contributed by atoms with Gasteiger partial charge in [-0.05, 0) is 35.4 Å². The van der Waals surface area contributed by atoms with Gasteiger partial charge in [-0.1, -0.05) is 54.6 Å². The summed E-state index contributed by atoms with van der Waals surface area (Å²) >= 11 is 0. The molecule has 3 nitrogen and oxygen atoms in total. The van der Waals surface area contributed by atoms with Crippen molar-refractivity contribution >= 4 is 11.7 Å². The number of nitrogens with one attached hydrogen (secondary N) is 1. The Bertz CT molecular complexity index is 1050. The number of halogens is 6. The molecular formula is C23H18F6N2O. The summed E-state index contributed by atoms with van der Waals surface area (Å²) < 4.78 is 78.2. The van der Waals surface area contributed by atoms with Crippen LogP contribution in [0, 0.1) is 0 Å². The first-order valence-electron chi connectivity index (χ1n) is 9.46. The summed E-state index contributed by atoms with van der Waals surface area (Å²) in [6.45, 7) is -0.0606. The first kappa shape index (κ1) is 23.2. The van der Waals surface area contributed by atoms with E-state index in [-0.39, 0.29) is 13.1 Å². The second kappa shape index (κ2) is 9.33. The molecule has 0 atom stereocenters. The Hall–Kier alpha value is -3.49. The van der Waals surface area contributed by atoms with Crippen LogP contribution in [0.1, 0.15) is 22.3 Å². The molecular weight excluding hydrogens is 434 g/mol. The zero-order chi connectivity index (χ0) is 23.4. The fraction of sp³-hybridized carbons (Fsp3) is 0.174. The highest BCUT2D eigenvalue weighted by atomic mass is 19.4. The van der Waals surface area contributed by atoms with Crippen molar-refractivity contribution in [2.75, 3.05) is 5.32 Å². The fourth-order valence-electron chi connectivity index (χ4n) is 3.06. The standard InChI is InChI=1S/C23H18F6N2O/c24-22(25,26)18-12-10-17(11-13-18)15-31(14-16-6-2-1-3-7-16)21(32)30-20-9-5-4-8-19(20)23(27,28)29/h1-13H,14-15H2,(H,30,32). The number of alkyl halides is 6. The molecule has 0 spiro atoms. The normalized spacial score (nSPS) is 11.8. The van der Waals surface area contributed by atoms with Gasteiger partial charge >= 0.3 is 18.4 Å². The summed E-state index contributed by atoms with van der Waals surface area (Å²) in [5.41, 5.74) is -1.13. The van der Waals surface area contributed by atoms with Crippen molar-refractivity contribution in [3.05, 3.63) is 101 Å². The lowest BCUT2D eigenvalue weighted by Crippen LogP contribution is -2.34. The van der Waals surface area contributed by atoms with E-state index in [0.717, 1.165) is 24.3 Å². The summed E-state index contributed by atoms with van der Waals surface area (Å²) in [6.07, 6.45) is -9.16. The molecule has 0 aromatic heterocycles. The summed E-state index contributed by atoms with van der Waals surface area (Å²) in [4.78, 5) is 14.1. The third-order valence-corrected chi connectivity index (χ3v) is 4.63. The average molecular weight is 452 g/mol. The van der Waals surface area contributed by atoms with Gasteiger partial charge in [0, 0.05) is 13.1 Å². The van der Waals surface area contributed by atoms with Gasteiger partial charge in [0.1, 0.15) is 0 Å².